The maximum Gasteiger partial charge on any atom is 0.117 e. The molecule has 3 nitrogen and oxygen atoms in total. The van der Waals surface area contributed by atoms with Gasteiger partial charge in [-0.2, -0.15) is 0 Å². The van der Waals surface area contributed by atoms with Crippen LogP contribution in [0.3, 0.4) is 0 Å². The summed E-state index contributed by atoms with van der Waals surface area (Å²) in [6.07, 6.45) is 1.63. The maximum atomic E-state index is 9.24. The molecule has 1 aromatic carbocycles. The van der Waals surface area contributed by atoms with Crippen molar-refractivity contribution in [1.82, 2.24) is 4.98 Å². The van der Waals surface area contributed by atoms with Crippen molar-refractivity contribution in [3.63, 3.8) is 0 Å². The van der Waals surface area contributed by atoms with Gasteiger partial charge in [0.2, 0.25) is 0 Å². The molecule has 0 aliphatic heterocycles. The predicted molar refractivity (Wildman–Crippen MR) is 56.3 cm³/mol. The Bertz CT molecular complexity index is 485. The summed E-state index contributed by atoms with van der Waals surface area (Å²) in [6.45, 7) is 0.364. The van der Waals surface area contributed by atoms with Crippen LogP contribution in [0.2, 0.25) is 5.02 Å². The molecule has 0 saturated heterocycles. The van der Waals surface area contributed by atoms with E-state index in [1.807, 2.05) is 0 Å². The second kappa shape index (κ2) is 3.44. The van der Waals surface area contributed by atoms with Gasteiger partial charge in [0.15, 0.2) is 0 Å². The molecule has 0 spiro atoms. The first-order valence-corrected chi connectivity index (χ1v) is 4.56. The monoisotopic (exact) mass is 208 g/mol. The van der Waals surface area contributed by atoms with Crippen LogP contribution in [-0.2, 0) is 6.54 Å². The fourth-order valence-corrected chi connectivity index (χ4v) is 1.62. The average Bonchev–Trinajstić information content (AvgIpc) is 2.18. The molecule has 72 valence electrons. The number of aromatic nitrogens is 1. The molecule has 0 aliphatic carbocycles. The first kappa shape index (κ1) is 9.24. The van der Waals surface area contributed by atoms with E-state index in [0.717, 1.165) is 10.9 Å². The molecule has 0 bridgehead atoms. The second-order valence-corrected chi connectivity index (χ2v) is 3.38. The van der Waals surface area contributed by atoms with Crippen molar-refractivity contribution >= 4 is 22.5 Å². The van der Waals surface area contributed by atoms with Gasteiger partial charge in [0.25, 0.3) is 0 Å². The van der Waals surface area contributed by atoms with Crippen LogP contribution >= 0.6 is 11.6 Å². The molecule has 3 N–H and O–H groups in total. The molecule has 0 aliphatic rings. The number of phenolic OH excluding ortho intramolecular Hbond substituents is 1. The summed E-state index contributed by atoms with van der Waals surface area (Å²) in [5, 5.41) is 10.7. The number of fused-ring (bicyclic) bond motifs is 1. The van der Waals surface area contributed by atoms with E-state index in [1.54, 1.807) is 24.4 Å². The minimum absolute atomic E-state index is 0.182. The van der Waals surface area contributed by atoms with Gasteiger partial charge in [-0.15, -0.1) is 0 Å². The number of nitrogens with zero attached hydrogens (tertiary/aromatic N) is 1. The maximum absolute atomic E-state index is 9.24. The van der Waals surface area contributed by atoms with Crippen LogP contribution in [0.25, 0.3) is 10.9 Å². The molecule has 4 heteroatoms. The Morgan fingerprint density at radius 1 is 1.43 bits per heavy atom. The summed E-state index contributed by atoms with van der Waals surface area (Å²) in [7, 11) is 0. The Kier molecular flexibility index (Phi) is 2.27. The number of phenols is 1. The number of halogens is 1. The third-order valence-corrected chi connectivity index (χ3v) is 2.53. The topological polar surface area (TPSA) is 59.1 Å². The summed E-state index contributed by atoms with van der Waals surface area (Å²) in [5.74, 6) is 0.182. The molecular formula is C10H9ClN2O. The zero-order valence-corrected chi connectivity index (χ0v) is 8.12. The highest BCUT2D eigenvalue weighted by molar-refractivity contribution is 6.36. The van der Waals surface area contributed by atoms with E-state index in [2.05, 4.69) is 4.98 Å². The number of hydrogen-bond acceptors (Lipinski definition) is 3. The van der Waals surface area contributed by atoms with Gasteiger partial charge in [-0.05, 0) is 12.1 Å². The van der Waals surface area contributed by atoms with Crippen molar-refractivity contribution in [2.75, 3.05) is 0 Å². The highest BCUT2D eigenvalue weighted by Crippen LogP contribution is 2.27. The zero-order valence-electron chi connectivity index (χ0n) is 7.37. The van der Waals surface area contributed by atoms with Gasteiger partial charge < -0.3 is 10.8 Å². The summed E-state index contributed by atoms with van der Waals surface area (Å²) in [5.41, 5.74) is 6.98. The Hall–Kier alpha value is -1.32. The van der Waals surface area contributed by atoms with E-state index in [1.165, 1.54) is 0 Å². The van der Waals surface area contributed by atoms with E-state index >= 15 is 0 Å². The van der Waals surface area contributed by atoms with Gasteiger partial charge in [0, 0.05) is 29.8 Å². The minimum Gasteiger partial charge on any atom is -0.508 e. The van der Waals surface area contributed by atoms with Crippen LogP contribution in [0.5, 0.6) is 5.75 Å². The largest absolute Gasteiger partial charge is 0.508 e. The first-order chi connectivity index (χ1) is 6.72. The Balaban J connectivity index is 2.77. The van der Waals surface area contributed by atoms with Crippen LogP contribution in [0.4, 0.5) is 0 Å². The van der Waals surface area contributed by atoms with Crippen molar-refractivity contribution in [2.24, 2.45) is 5.73 Å². The fraction of sp³-hybridized carbons (Fsp3) is 0.100. The normalized spacial score (nSPS) is 10.7. The van der Waals surface area contributed by atoms with Crippen molar-refractivity contribution < 1.29 is 5.11 Å². The number of pyridine rings is 1. The van der Waals surface area contributed by atoms with E-state index in [0.29, 0.717) is 17.1 Å². The van der Waals surface area contributed by atoms with Crippen molar-refractivity contribution in [2.45, 2.75) is 6.54 Å². The Labute approximate surface area is 86.1 Å². The smallest absolute Gasteiger partial charge is 0.117 e. The van der Waals surface area contributed by atoms with Crippen LogP contribution < -0.4 is 5.73 Å². The molecular weight excluding hydrogens is 200 g/mol. The first-order valence-electron chi connectivity index (χ1n) is 4.18. The number of nitrogens with two attached hydrogens (primary N) is 1. The Morgan fingerprint density at radius 2 is 2.21 bits per heavy atom. The lowest BCUT2D eigenvalue weighted by molar-refractivity contribution is 0.476. The summed E-state index contributed by atoms with van der Waals surface area (Å²) < 4.78 is 0. The number of rotatable bonds is 1. The van der Waals surface area contributed by atoms with Gasteiger partial charge >= 0.3 is 0 Å². The predicted octanol–water partition coefficient (Wildman–Crippen LogP) is 2.05. The number of benzene rings is 1. The molecule has 1 aromatic heterocycles. The van der Waals surface area contributed by atoms with E-state index < -0.39 is 0 Å². The molecule has 0 unspecified atom stereocenters. The minimum atomic E-state index is 0.182. The van der Waals surface area contributed by atoms with E-state index in [9.17, 15) is 5.11 Å². The lowest BCUT2D eigenvalue weighted by Crippen LogP contribution is -1.98. The van der Waals surface area contributed by atoms with E-state index in [4.69, 9.17) is 17.3 Å². The van der Waals surface area contributed by atoms with Gasteiger partial charge in [0.1, 0.15) is 5.75 Å². The fourth-order valence-electron chi connectivity index (χ4n) is 1.33. The summed E-state index contributed by atoms with van der Waals surface area (Å²) in [4.78, 5) is 4.15. The highest BCUT2D eigenvalue weighted by Gasteiger charge is 2.05. The van der Waals surface area contributed by atoms with Gasteiger partial charge in [-0.1, -0.05) is 11.6 Å². The summed E-state index contributed by atoms with van der Waals surface area (Å²) in [6, 6.07) is 4.89. The molecule has 0 fully saturated rings. The molecule has 0 saturated carbocycles. The molecule has 0 radical (unpaired) electrons. The number of aromatic hydroxyl groups is 1. The van der Waals surface area contributed by atoms with Crippen molar-refractivity contribution in [3.05, 3.63) is 35.0 Å². The lowest BCUT2D eigenvalue weighted by atomic mass is 10.1. The SMILES string of the molecule is NCc1cnc2cc(O)ccc2c1Cl. The lowest BCUT2D eigenvalue weighted by Gasteiger charge is -2.04. The Morgan fingerprint density at radius 3 is 2.93 bits per heavy atom. The standard InChI is InChI=1S/C10H9ClN2O/c11-10-6(4-12)5-13-9-3-7(14)1-2-8(9)10/h1-3,5,14H,4,12H2. The van der Waals surface area contributed by atoms with Gasteiger partial charge in [-0.25, -0.2) is 0 Å². The molecule has 2 aromatic rings. The second-order valence-electron chi connectivity index (χ2n) is 3.00. The van der Waals surface area contributed by atoms with E-state index in [-0.39, 0.29) is 5.75 Å². The molecule has 1 heterocycles. The van der Waals surface area contributed by atoms with Crippen LogP contribution in [0.15, 0.2) is 24.4 Å². The zero-order chi connectivity index (χ0) is 10.1. The molecule has 0 atom stereocenters. The summed E-state index contributed by atoms with van der Waals surface area (Å²) >= 11 is 6.09. The van der Waals surface area contributed by atoms with Crippen molar-refractivity contribution in [1.29, 1.82) is 0 Å². The van der Waals surface area contributed by atoms with Crippen LogP contribution in [0.1, 0.15) is 5.56 Å². The highest BCUT2D eigenvalue weighted by atomic mass is 35.5. The third-order valence-electron chi connectivity index (χ3n) is 2.08. The van der Waals surface area contributed by atoms with Crippen molar-refractivity contribution in [3.8, 4) is 5.75 Å². The van der Waals surface area contributed by atoms with Gasteiger partial charge in [0.05, 0.1) is 10.5 Å². The van der Waals surface area contributed by atoms with Crippen LogP contribution in [0, 0.1) is 0 Å². The van der Waals surface area contributed by atoms with Crippen LogP contribution in [-0.4, -0.2) is 10.1 Å². The quantitative estimate of drug-likeness (QED) is 0.754. The molecule has 0 amide bonds. The third kappa shape index (κ3) is 1.41. The molecule has 2 rings (SSSR count). The molecule has 14 heavy (non-hydrogen) atoms. The average molecular weight is 209 g/mol. The van der Waals surface area contributed by atoms with Gasteiger partial charge in [-0.3, -0.25) is 4.98 Å². The number of hydrogen-bond donors (Lipinski definition) is 2.